The minimum absolute atomic E-state index is 0.0773. The second-order valence-corrected chi connectivity index (χ2v) is 6.50. The van der Waals surface area contributed by atoms with E-state index >= 15 is 0 Å². The van der Waals surface area contributed by atoms with Crippen LogP contribution in [0.25, 0.3) is 0 Å². The molecule has 2 unspecified atom stereocenters. The Morgan fingerprint density at radius 1 is 1.30 bits per heavy atom. The van der Waals surface area contributed by atoms with Crippen molar-refractivity contribution in [3.8, 4) is 11.5 Å². The molecule has 23 heavy (non-hydrogen) atoms. The molecule has 0 aliphatic carbocycles. The van der Waals surface area contributed by atoms with Crippen molar-refractivity contribution in [1.82, 2.24) is 10.2 Å². The highest BCUT2D eigenvalue weighted by atomic mass is 16.5. The largest absolute Gasteiger partial charge is 0.497 e. The van der Waals surface area contributed by atoms with Crippen LogP contribution in [-0.2, 0) is 4.79 Å². The Labute approximate surface area is 137 Å². The maximum absolute atomic E-state index is 12.9. The third kappa shape index (κ3) is 3.02. The van der Waals surface area contributed by atoms with Gasteiger partial charge < -0.3 is 19.7 Å². The summed E-state index contributed by atoms with van der Waals surface area (Å²) in [7, 11) is 3.34. The Kier molecular flexibility index (Phi) is 4.76. The van der Waals surface area contributed by atoms with Gasteiger partial charge in [-0.25, -0.2) is 0 Å². The molecule has 2 fully saturated rings. The number of hydrogen-bond donors (Lipinski definition) is 1. The lowest BCUT2D eigenvalue weighted by atomic mass is 9.87. The van der Waals surface area contributed by atoms with Crippen LogP contribution in [0.5, 0.6) is 11.5 Å². The molecule has 5 heteroatoms. The van der Waals surface area contributed by atoms with Crippen LogP contribution < -0.4 is 14.8 Å². The van der Waals surface area contributed by atoms with Crippen molar-refractivity contribution in [3.63, 3.8) is 0 Å². The summed E-state index contributed by atoms with van der Waals surface area (Å²) in [6.45, 7) is 4.79. The van der Waals surface area contributed by atoms with Crippen molar-refractivity contribution in [2.75, 3.05) is 33.9 Å². The van der Waals surface area contributed by atoms with E-state index in [4.69, 9.17) is 9.47 Å². The van der Waals surface area contributed by atoms with E-state index in [9.17, 15) is 4.79 Å². The van der Waals surface area contributed by atoms with E-state index in [1.165, 1.54) is 0 Å². The van der Waals surface area contributed by atoms with Crippen LogP contribution in [0.3, 0.4) is 0 Å². The number of ether oxygens (including phenoxy) is 2. The number of likely N-dealkylation sites (tertiary alicyclic amines) is 1. The third-order valence-corrected chi connectivity index (χ3v) is 5.24. The van der Waals surface area contributed by atoms with Gasteiger partial charge in [0.2, 0.25) is 5.91 Å². The van der Waals surface area contributed by atoms with E-state index in [-0.39, 0.29) is 17.9 Å². The second-order valence-electron chi connectivity index (χ2n) is 6.50. The van der Waals surface area contributed by atoms with Gasteiger partial charge >= 0.3 is 0 Å². The molecule has 0 bridgehead atoms. The number of nitrogens with one attached hydrogen (secondary N) is 1. The van der Waals surface area contributed by atoms with E-state index < -0.39 is 0 Å². The molecule has 3 rings (SSSR count). The maximum Gasteiger partial charge on any atom is 0.226 e. The van der Waals surface area contributed by atoms with E-state index in [0.29, 0.717) is 5.92 Å². The maximum atomic E-state index is 12.9. The summed E-state index contributed by atoms with van der Waals surface area (Å²) in [5.41, 5.74) is 1.05. The zero-order valence-electron chi connectivity index (χ0n) is 14.2. The van der Waals surface area contributed by atoms with Gasteiger partial charge in [-0.1, -0.05) is 6.92 Å². The van der Waals surface area contributed by atoms with E-state index in [0.717, 1.165) is 49.5 Å². The van der Waals surface area contributed by atoms with Crippen LogP contribution in [0.1, 0.15) is 31.4 Å². The standard InChI is InChI=1S/C18H26N2O3/c1-12(13-10-19-11-13)18(21)20-8-4-5-16(20)15-9-14(22-2)6-7-17(15)23-3/h6-7,9,12-13,16,19H,4-5,8,10-11H2,1-3H3. The molecule has 1 amide bonds. The molecule has 0 radical (unpaired) electrons. The Balaban J connectivity index is 1.84. The molecule has 1 N–H and O–H groups in total. The first-order valence-electron chi connectivity index (χ1n) is 8.38. The number of benzene rings is 1. The Morgan fingerprint density at radius 3 is 2.70 bits per heavy atom. The summed E-state index contributed by atoms with van der Waals surface area (Å²) in [4.78, 5) is 15.0. The predicted octanol–water partition coefficient (Wildman–Crippen LogP) is 2.22. The van der Waals surface area contributed by atoms with E-state index in [1.807, 2.05) is 23.1 Å². The van der Waals surface area contributed by atoms with Gasteiger partial charge in [-0.15, -0.1) is 0 Å². The lowest BCUT2D eigenvalue weighted by molar-refractivity contribution is -0.138. The van der Waals surface area contributed by atoms with E-state index in [2.05, 4.69) is 12.2 Å². The van der Waals surface area contributed by atoms with Crippen molar-refractivity contribution in [1.29, 1.82) is 0 Å². The Morgan fingerprint density at radius 2 is 2.09 bits per heavy atom. The van der Waals surface area contributed by atoms with Crippen LogP contribution in [-0.4, -0.2) is 44.7 Å². The number of rotatable bonds is 5. The molecule has 0 spiro atoms. The molecular formula is C18H26N2O3. The molecule has 2 atom stereocenters. The highest BCUT2D eigenvalue weighted by Gasteiger charge is 2.37. The highest BCUT2D eigenvalue weighted by molar-refractivity contribution is 5.80. The molecule has 2 aliphatic heterocycles. The number of nitrogens with zero attached hydrogens (tertiary/aromatic N) is 1. The molecule has 5 nitrogen and oxygen atoms in total. The quantitative estimate of drug-likeness (QED) is 0.904. The number of carbonyl (C=O) groups excluding carboxylic acids is 1. The van der Waals surface area contributed by atoms with Gasteiger partial charge in [0.1, 0.15) is 11.5 Å². The number of carbonyl (C=O) groups is 1. The van der Waals surface area contributed by atoms with Crippen LogP contribution in [0, 0.1) is 11.8 Å². The Hall–Kier alpha value is -1.75. The molecule has 126 valence electrons. The van der Waals surface area contributed by atoms with Crippen molar-refractivity contribution in [3.05, 3.63) is 23.8 Å². The monoisotopic (exact) mass is 318 g/mol. The second kappa shape index (κ2) is 6.79. The summed E-state index contributed by atoms with van der Waals surface area (Å²) >= 11 is 0. The molecule has 2 saturated heterocycles. The van der Waals surface area contributed by atoms with Gasteiger partial charge in [0.15, 0.2) is 0 Å². The van der Waals surface area contributed by atoms with Gasteiger partial charge in [-0.2, -0.15) is 0 Å². The summed E-state index contributed by atoms with van der Waals surface area (Å²) in [5, 5.41) is 3.26. The average Bonchev–Trinajstić information content (AvgIpc) is 3.01. The molecule has 1 aromatic carbocycles. The normalized spacial score (nSPS) is 22.6. The minimum atomic E-state index is 0.0773. The smallest absolute Gasteiger partial charge is 0.226 e. The summed E-state index contributed by atoms with van der Waals surface area (Å²) in [6.07, 6.45) is 2.01. The number of methoxy groups -OCH3 is 2. The zero-order chi connectivity index (χ0) is 16.4. The lowest BCUT2D eigenvalue weighted by Crippen LogP contribution is -2.50. The minimum Gasteiger partial charge on any atom is -0.497 e. The van der Waals surface area contributed by atoms with Crippen LogP contribution in [0.15, 0.2) is 18.2 Å². The van der Waals surface area contributed by atoms with Crippen LogP contribution >= 0.6 is 0 Å². The fourth-order valence-electron chi connectivity index (χ4n) is 3.58. The van der Waals surface area contributed by atoms with Crippen molar-refractivity contribution >= 4 is 5.91 Å². The molecular weight excluding hydrogens is 292 g/mol. The topological polar surface area (TPSA) is 50.8 Å². The first-order valence-corrected chi connectivity index (χ1v) is 8.38. The van der Waals surface area contributed by atoms with E-state index in [1.54, 1.807) is 14.2 Å². The van der Waals surface area contributed by atoms with Gasteiger partial charge in [0.25, 0.3) is 0 Å². The predicted molar refractivity (Wildman–Crippen MR) is 88.8 cm³/mol. The van der Waals surface area contributed by atoms with Crippen LogP contribution in [0.4, 0.5) is 0 Å². The molecule has 0 saturated carbocycles. The third-order valence-electron chi connectivity index (χ3n) is 5.24. The van der Waals surface area contributed by atoms with Gasteiger partial charge in [-0.05, 0) is 50.0 Å². The molecule has 2 aliphatic rings. The first kappa shape index (κ1) is 16.1. The Bertz CT molecular complexity index is 571. The highest BCUT2D eigenvalue weighted by Crippen LogP contribution is 2.40. The zero-order valence-corrected chi connectivity index (χ0v) is 14.2. The van der Waals surface area contributed by atoms with Gasteiger partial charge in [-0.3, -0.25) is 4.79 Å². The summed E-state index contributed by atoms with van der Waals surface area (Å²) < 4.78 is 10.9. The fourth-order valence-corrected chi connectivity index (χ4v) is 3.58. The van der Waals surface area contributed by atoms with Gasteiger partial charge in [0, 0.05) is 18.0 Å². The summed E-state index contributed by atoms with van der Waals surface area (Å²) in [5.74, 6) is 2.44. The molecule has 1 aromatic rings. The average molecular weight is 318 g/mol. The molecule has 0 aromatic heterocycles. The first-order chi connectivity index (χ1) is 11.2. The fraction of sp³-hybridized carbons (Fsp3) is 0.611. The number of hydrogen-bond acceptors (Lipinski definition) is 4. The lowest BCUT2D eigenvalue weighted by Gasteiger charge is -2.36. The number of amides is 1. The van der Waals surface area contributed by atoms with Crippen molar-refractivity contribution in [2.24, 2.45) is 11.8 Å². The van der Waals surface area contributed by atoms with Crippen molar-refractivity contribution < 1.29 is 14.3 Å². The van der Waals surface area contributed by atoms with Crippen LogP contribution in [0.2, 0.25) is 0 Å². The van der Waals surface area contributed by atoms with Crippen molar-refractivity contribution in [2.45, 2.75) is 25.8 Å². The van der Waals surface area contributed by atoms with Gasteiger partial charge in [0.05, 0.1) is 20.3 Å². The molecule has 2 heterocycles. The summed E-state index contributed by atoms with van der Waals surface area (Å²) in [6, 6.07) is 5.91. The SMILES string of the molecule is COc1ccc(OC)c(C2CCCN2C(=O)C(C)C2CNC2)c1.